The molecule has 0 aromatic rings. The molecule has 0 aromatic carbocycles. The first kappa shape index (κ1) is 12.9. The lowest BCUT2D eigenvalue weighted by Gasteiger charge is -2.44. The Morgan fingerprint density at radius 2 is 2.07 bits per heavy atom. The lowest BCUT2D eigenvalue weighted by atomic mass is 9.84. The molecule has 2 nitrogen and oxygen atoms in total. The van der Waals surface area contributed by atoms with E-state index in [0.717, 1.165) is 24.8 Å². The van der Waals surface area contributed by atoms with Crippen LogP contribution in [0.5, 0.6) is 0 Å². The van der Waals surface area contributed by atoms with Gasteiger partial charge in [0.15, 0.2) is 0 Å². The molecule has 4 unspecified atom stereocenters. The fraction of sp³-hybridized carbons (Fsp3) is 0.917. The van der Waals surface area contributed by atoms with Gasteiger partial charge in [-0.05, 0) is 31.6 Å². The molecular formula is C12H24N2S. The average Bonchev–Trinajstić information content (AvgIpc) is 2.13. The Morgan fingerprint density at radius 1 is 1.47 bits per heavy atom. The van der Waals surface area contributed by atoms with E-state index in [-0.39, 0.29) is 0 Å². The minimum absolute atomic E-state index is 0.292. The first-order chi connectivity index (χ1) is 6.97. The zero-order valence-electron chi connectivity index (χ0n) is 10.4. The normalized spacial score (nSPS) is 35.1. The molecule has 1 heterocycles. The first-order valence-electron chi connectivity index (χ1n) is 6.02. The van der Waals surface area contributed by atoms with Gasteiger partial charge in [-0.15, -0.1) is 0 Å². The summed E-state index contributed by atoms with van der Waals surface area (Å²) in [6, 6.07) is 0.896. The second-order valence-corrected chi connectivity index (χ2v) is 5.55. The molecule has 0 amide bonds. The number of rotatable bonds is 3. The number of piperidine rings is 1. The summed E-state index contributed by atoms with van der Waals surface area (Å²) in [5.74, 6) is 1.51. The summed E-state index contributed by atoms with van der Waals surface area (Å²) in [7, 11) is 0. The summed E-state index contributed by atoms with van der Waals surface area (Å²) in [6.45, 7) is 10.3. The van der Waals surface area contributed by atoms with Gasteiger partial charge >= 0.3 is 0 Å². The van der Waals surface area contributed by atoms with Crippen molar-refractivity contribution >= 4 is 17.2 Å². The van der Waals surface area contributed by atoms with Crippen molar-refractivity contribution in [2.75, 3.05) is 6.54 Å². The standard InChI is InChI=1S/C12H24N2S/c1-5-11(12(13)15)14-7-8(2)6-9(3)10(14)4/h8-11H,5-7H2,1-4H3,(H2,13,15). The number of hydrogen-bond donors (Lipinski definition) is 1. The van der Waals surface area contributed by atoms with Crippen LogP contribution in [0.25, 0.3) is 0 Å². The molecule has 0 saturated carbocycles. The Kier molecular flexibility index (Phi) is 4.53. The Bertz CT molecular complexity index is 230. The Balaban J connectivity index is 2.76. The van der Waals surface area contributed by atoms with Gasteiger partial charge < -0.3 is 5.73 Å². The predicted molar refractivity (Wildman–Crippen MR) is 70.0 cm³/mol. The van der Waals surface area contributed by atoms with Gasteiger partial charge in [0.1, 0.15) is 0 Å². The number of nitrogens with zero attached hydrogens (tertiary/aromatic N) is 1. The predicted octanol–water partition coefficient (Wildman–Crippen LogP) is 2.42. The van der Waals surface area contributed by atoms with Crippen molar-refractivity contribution in [2.24, 2.45) is 17.6 Å². The van der Waals surface area contributed by atoms with Crippen LogP contribution in [0.1, 0.15) is 40.5 Å². The van der Waals surface area contributed by atoms with Crippen molar-refractivity contribution in [1.82, 2.24) is 4.90 Å². The third-order valence-electron chi connectivity index (χ3n) is 3.76. The second-order valence-electron chi connectivity index (χ2n) is 5.08. The van der Waals surface area contributed by atoms with E-state index < -0.39 is 0 Å². The fourth-order valence-corrected chi connectivity index (χ4v) is 3.07. The minimum atomic E-state index is 0.292. The van der Waals surface area contributed by atoms with Gasteiger partial charge in [0.25, 0.3) is 0 Å². The molecule has 1 aliphatic rings. The van der Waals surface area contributed by atoms with Gasteiger partial charge in [-0.1, -0.05) is 33.0 Å². The molecule has 88 valence electrons. The molecule has 4 atom stereocenters. The highest BCUT2D eigenvalue weighted by atomic mass is 32.1. The van der Waals surface area contributed by atoms with Gasteiger partial charge in [0, 0.05) is 12.6 Å². The largest absolute Gasteiger partial charge is 0.392 e. The lowest BCUT2D eigenvalue weighted by molar-refractivity contribution is 0.0618. The van der Waals surface area contributed by atoms with Crippen LogP contribution in [0, 0.1) is 11.8 Å². The summed E-state index contributed by atoms with van der Waals surface area (Å²) in [6.07, 6.45) is 2.35. The number of likely N-dealkylation sites (tertiary alicyclic amines) is 1. The van der Waals surface area contributed by atoms with Crippen LogP contribution < -0.4 is 5.73 Å². The molecule has 15 heavy (non-hydrogen) atoms. The van der Waals surface area contributed by atoms with E-state index in [1.165, 1.54) is 6.42 Å². The molecule has 0 bridgehead atoms. The molecule has 1 saturated heterocycles. The molecular weight excluding hydrogens is 204 g/mol. The van der Waals surface area contributed by atoms with Gasteiger partial charge in [-0.3, -0.25) is 4.90 Å². The van der Waals surface area contributed by atoms with Crippen molar-refractivity contribution in [3.8, 4) is 0 Å². The fourth-order valence-electron chi connectivity index (χ4n) is 2.77. The third-order valence-corrected chi connectivity index (χ3v) is 4.03. The minimum Gasteiger partial charge on any atom is -0.392 e. The molecule has 0 aliphatic carbocycles. The maximum Gasteiger partial charge on any atom is 0.0902 e. The van der Waals surface area contributed by atoms with Crippen molar-refractivity contribution in [2.45, 2.75) is 52.6 Å². The maximum atomic E-state index is 5.82. The summed E-state index contributed by atoms with van der Waals surface area (Å²) < 4.78 is 0. The Labute approximate surface area is 99.2 Å². The van der Waals surface area contributed by atoms with Crippen molar-refractivity contribution in [3.05, 3.63) is 0 Å². The molecule has 3 heteroatoms. The zero-order valence-corrected chi connectivity index (χ0v) is 11.2. The third kappa shape index (κ3) is 2.91. The van der Waals surface area contributed by atoms with Crippen LogP contribution in [0.4, 0.5) is 0 Å². The van der Waals surface area contributed by atoms with Crippen LogP contribution in [-0.2, 0) is 0 Å². The van der Waals surface area contributed by atoms with Crippen molar-refractivity contribution in [3.63, 3.8) is 0 Å². The van der Waals surface area contributed by atoms with Crippen molar-refractivity contribution < 1.29 is 0 Å². The number of nitrogens with two attached hydrogens (primary N) is 1. The highest BCUT2D eigenvalue weighted by molar-refractivity contribution is 7.80. The van der Waals surface area contributed by atoms with Crippen molar-refractivity contribution in [1.29, 1.82) is 0 Å². The van der Waals surface area contributed by atoms with E-state index >= 15 is 0 Å². The van der Waals surface area contributed by atoms with E-state index in [1.807, 2.05) is 0 Å². The van der Waals surface area contributed by atoms with Gasteiger partial charge in [0.2, 0.25) is 0 Å². The van der Waals surface area contributed by atoms with Crippen LogP contribution in [0.2, 0.25) is 0 Å². The van der Waals surface area contributed by atoms with Gasteiger partial charge in [-0.25, -0.2) is 0 Å². The summed E-state index contributed by atoms with van der Waals surface area (Å²) in [5, 5.41) is 0. The second kappa shape index (κ2) is 5.26. The number of hydrogen-bond acceptors (Lipinski definition) is 2. The van der Waals surface area contributed by atoms with Gasteiger partial charge in [0.05, 0.1) is 11.0 Å². The molecule has 0 aromatic heterocycles. The summed E-state index contributed by atoms with van der Waals surface area (Å²) in [4.78, 5) is 3.16. The van der Waals surface area contributed by atoms with Crippen LogP contribution in [0.3, 0.4) is 0 Å². The average molecular weight is 228 g/mol. The van der Waals surface area contributed by atoms with E-state index in [2.05, 4.69) is 32.6 Å². The molecule has 1 aliphatic heterocycles. The highest BCUT2D eigenvalue weighted by Crippen LogP contribution is 2.29. The Hall–Kier alpha value is -0.150. The SMILES string of the molecule is CCC(C(N)=S)N1CC(C)CC(C)C1C. The smallest absolute Gasteiger partial charge is 0.0902 e. The van der Waals surface area contributed by atoms with Crippen LogP contribution in [0.15, 0.2) is 0 Å². The van der Waals surface area contributed by atoms with E-state index in [4.69, 9.17) is 18.0 Å². The van der Waals surface area contributed by atoms with E-state index in [9.17, 15) is 0 Å². The van der Waals surface area contributed by atoms with Gasteiger partial charge in [-0.2, -0.15) is 0 Å². The van der Waals surface area contributed by atoms with Crippen LogP contribution in [-0.4, -0.2) is 28.5 Å². The van der Waals surface area contributed by atoms with E-state index in [0.29, 0.717) is 17.1 Å². The Morgan fingerprint density at radius 3 is 2.53 bits per heavy atom. The molecule has 0 radical (unpaired) electrons. The highest BCUT2D eigenvalue weighted by Gasteiger charge is 2.33. The number of thiocarbonyl (C=S) groups is 1. The quantitative estimate of drug-likeness (QED) is 0.752. The molecule has 1 fully saturated rings. The van der Waals surface area contributed by atoms with Crippen LogP contribution >= 0.6 is 12.2 Å². The zero-order chi connectivity index (χ0) is 11.6. The van der Waals surface area contributed by atoms with E-state index in [1.54, 1.807) is 0 Å². The molecule has 1 rings (SSSR count). The summed E-state index contributed by atoms with van der Waals surface area (Å²) in [5.41, 5.74) is 5.82. The summed E-state index contributed by atoms with van der Waals surface area (Å²) >= 11 is 5.16. The maximum absolute atomic E-state index is 5.82. The molecule has 0 spiro atoms. The molecule has 2 N–H and O–H groups in total. The lowest BCUT2D eigenvalue weighted by Crippen LogP contribution is -2.54. The topological polar surface area (TPSA) is 29.3 Å². The first-order valence-corrected chi connectivity index (χ1v) is 6.43. The monoisotopic (exact) mass is 228 g/mol.